The Kier molecular flexibility index (Phi) is 6.68. The lowest BCUT2D eigenvalue weighted by Crippen LogP contribution is -2.45. The Bertz CT molecular complexity index is 1220. The van der Waals surface area contributed by atoms with Crippen LogP contribution in [0.4, 0.5) is 4.39 Å². The van der Waals surface area contributed by atoms with E-state index in [4.69, 9.17) is 4.52 Å². The van der Waals surface area contributed by atoms with Crippen LogP contribution >= 0.6 is 15.9 Å². The topological polar surface area (TPSA) is 105 Å². The molecule has 2 aromatic carbocycles. The molecule has 1 saturated heterocycles. The maximum atomic E-state index is 13.1. The average Bonchev–Trinajstić information content (AvgIpc) is 3.27. The number of carbonyl (C=O) groups is 1. The first-order valence-electron chi connectivity index (χ1n) is 9.95. The Morgan fingerprint density at radius 1 is 1.25 bits per heavy atom. The zero-order valence-corrected chi connectivity index (χ0v) is 19.3. The second-order valence-corrected chi connectivity index (χ2v) is 10.2. The summed E-state index contributed by atoms with van der Waals surface area (Å²) in [6, 6.07) is 12.1. The van der Waals surface area contributed by atoms with Gasteiger partial charge in [0.25, 0.3) is 0 Å². The summed E-state index contributed by atoms with van der Waals surface area (Å²) >= 11 is 3.39. The number of rotatable bonds is 6. The number of halogens is 2. The van der Waals surface area contributed by atoms with Crippen molar-refractivity contribution >= 4 is 31.9 Å². The second-order valence-electron chi connectivity index (χ2n) is 7.40. The van der Waals surface area contributed by atoms with E-state index >= 15 is 0 Å². The summed E-state index contributed by atoms with van der Waals surface area (Å²) in [5.41, 5.74) is 0.773. The van der Waals surface area contributed by atoms with E-state index in [0.717, 1.165) is 22.2 Å². The summed E-state index contributed by atoms with van der Waals surface area (Å²) in [7, 11) is -3.80. The van der Waals surface area contributed by atoms with Crippen LogP contribution < -0.4 is 5.32 Å². The fourth-order valence-electron chi connectivity index (χ4n) is 3.51. The Hall–Kier alpha value is -2.63. The van der Waals surface area contributed by atoms with Crippen molar-refractivity contribution in [2.45, 2.75) is 24.3 Å². The lowest BCUT2D eigenvalue weighted by atomic mass is 9.99. The number of nitrogens with zero attached hydrogens (tertiary/aromatic N) is 3. The molecular formula is C21H20BrFN4O4S. The molecule has 11 heteroatoms. The number of sulfonamides is 1. The van der Waals surface area contributed by atoms with E-state index in [1.807, 2.05) is 24.3 Å². The smallest absolute Gasteiger partial charge is 0.246 e. The highest BCUT2D eigenvalue weighted by Crippen LogP contribution is 2.24. The Balaban J connectivity index is 1.37. The minimum Gasteiger partial charge on any atom is -0.347 e. The molecule has 4 rings (SSSR count). The Labute approximate surface area is 193 Å². The number of hydrogen-bond acceptors (Lipinski definition) is 6. The number of piperidine rings is 1. The summed E-state index contributed by atoms with van der Waals surface area (Å²) in [4.78, 5) is 17.0. The van der Waals surface area contributed by atoms with E-state index in [2.05, 4.69) is 31.4 Å². The number of aromatic nitrogens is 2. The lowest BCUT2D eigenvalue weighted by Gasteiger charge is -2.31. The Morgan fingerprint density at radius 2 is 2.03 bits per heavy atom. The van der Waals surface area contributed by atoms with Crippen LogP contribution in [0.25, 0.3) is 11.4 Å². The van der Waals surface area contributed by atoms with Crippen molar-refractivity contribution in [2.24, 2.45) is 5.92 Å². The van der Waals surface area contributed by atoms with Crippen molar-refractivity contribution in [2.75, 3.05) is 13.1 Å². The highest BCUT2D eigenvalue weighted by atomic mass is 79.9. The third kappa shape index (κ3) is 5.05. The first kappa shape index (κ1) is 22.6. The van der Waals surface area contributed by atoms with Crippen LogP contribution in [0.5, 0.6) is 0 Å². The number of benzene rings is 2. The number of nitrogens with one attached hydrogen (secondary N) is 1. The molecule has 1 aliphatic rings. The number of carbonyl (C=O) groups excluding carboxylic acids is 1. The van der Waals surface area contributed by atoms with Crippen molar-refractivity contribution in [3.8, 4) is 11.4 Å². The molecule has 1 atom stereocenters. The van der Waals surface area contributed by atoms with Gasteiger partial charge in [-0.15, -0.1) is 0 Å². The standard InChI is InChI=1S/C21H20BrFN4O4S/c22-16-5-1-3-14(11-16)20-25-19(31-26-20)12-24-21(28)15-4-2-10-27(13-15)32(29,30)18-8-6-17(23)7-9-18/h1,3,5-9,11,15H,2,4,10,12-13H2,(H,24,28). The zero-order valence-electron chi connectivity index (χ0n) is 16.9. The monoisotopic (exact) mass is 522 g/mol. The molecule has 1 aliphatic heterocycles. The maximum absolute atomic E-state index is 13.1. The van der Waals surface area contributed by atoms with Crippen molar-refractivity contribution < 1.29 is 22.1 Å². The molecule has 1 unspecified atom stereocenters. The zero-order chi connectivity index (χ0) is 22.7. The maximum Gasteiger partial charge on any atom is 0.246 e. The van der Waals surface area contributed by atoms with Gasteiger partial charge in [-0.05, 0) is 49.2 Å². The van der Waals surface area contributed by atoms with Gasteiger partial charge in [-0.2, -0.15) is 9.29 Å². The van der Waals surface area contributed by atoms with Gasteiger partial charge in [0.05, 0.1) is 17.4 Å². The molecule has 1 aromatic heterocycles. The van der Waals surface area contributed by atoms with E-state index in [0.29, 0.717) is 25.2 Å². The molecule has 32 heavy (non-hydrogen) atoms. The highest BCUT2D eigenvalue weighted by molar-refractivity contribution is 9.10. The van der Waals surface area contributed by atoms with E-state index in [1.54, 1.807) is 0 Å². The summed E-state index contributed by atoms with van der Waals surface area (Å²) in [5, 5.41) is 6.68. The minimum atomic E-state index is -3.80. The molecule has 0 aliphatic carbocycles. The molecule has 8 nitrogen and oxygen atoms in total. The van der Waals surface area contributed by atoms with Crippen LogP contribution in [-0.2, 0) is 21.4 Å². The molecular weight excluding hydrogens is 503 g/mol. The van der Waals surface area contributed by atoms with Gasteiger partial charge >= 0.3 is 0 Å². The third-order valence-corrected chi connectivity index (χ3v) is 7.54. The molecule has 1 N–H and O–H groups in total. The average molecular weight is 523 g/mol. The fraction of sp³-hybridized carbons (Fsp3) is 0.286. The van der Waals surface area contributed by atoms with Gasteiger partial charge in [-0.25, -0.2) is 12.8 Å². The van der Waals surface area contributed by atoms with E-state index in [1.165, 1.54) is 16.4 Å². The highest BCUT2D eigenvalue weighted by Gasteiger charge is 2.33. The second kappa shape index (κ2) is 9.47. The molecule has 1 fully saturated rings. The molecule has 168 valence electrons. The normalized spacial score (nSPS) is 17.2. The molecule has 2 heterocycles. The molecule has 0 bridgehead atoms. The fourth-order valence-corrected chi connectivity index (χ4v) is 5.43. The van der Waals surface area contributed by atoms with Crippen LogP contribution in [0.3, 0.4) is 0 Å². The van der Waals surface area contributed by atoms with Crippen molar-refractivity contribution in [3.05, 3.63) is 64.7 Å². The first-order valence-corrected chi connectivity index (χ1v) is 12.2. The number of amides is 1. The third-order valence-electron chi connectivity index (χ3n) is 5.17. The summed E-state index contributed by atoms with van der Waals surface area (Å²) in [5.74, 6) is -0.647. The lowest BCUT2D eigenvalue weighted by molar-refractivity contribution is -0.126. The quantitative estimate of drug-likeness (QED) is 0.532. The van der Waals surface area contributed by atoms with Crippen LogP contribution in [0, 0.1) is 11.7 Å². The SMILES string of the molecule is O=C(NCc1nc(-c2cccc(Br)c2)no1)C1CCCN(S(=O)(=O)c2ccc(F)cc2)C1. The van der Waals surface area contributed by atoms with Crippen molar-refractivity contribution in [1.29, 1.82) is 0 Å². The molecule has 3 aromatic rings. The molecule has 1 amide bonds. The van der Waals surface area contributed by atoms with Gasteiger partial charge < -0.3 is 9.84 Å². The van der Waals surface area contributed by atoms with Gasteiger partial charge in [0.15, 0.2) is 0 Å². The van der Waals surface area contributed by atoms with Crippen LogP contribution in [0.1, 0.15) is 18.7 Å². The van der Waals surface area contributed by atoms with Gasteiger partial charge in [-0.1, -0.05) is 33.2 Å². The summed E-state index contributed by atoms with van der Waals surface area (Å²) in [6.45, 7) is 0.406. The van der Waals surface area contributed by atoms with Gasteiger partial charge in [-0.3, -0.25) is 4.79 Å². The van der Waals surface area contributed by atoms with E-state index < -0.39 is 21.8 Å². The molecule has 0 spiro atoms. The van der Waals surface area contributed by atoms with Gasteiger partial charge in [0, 0.05) is 23.1 Å². The van der Waals surface area contributed by atoms with E-state index in [9.17, 15) is 17.6 Å². The summed E-state index contributed by atoms with van der Waals surface area (Å²) < 4.78 is 46.2. The van der Waals surface area contributed by atoms with Crippen molar-refractivity contribution in [3.63, 3.8) is 0 Å². The van der Waals surface area contributed by atoms with Gasteiger partial charge in [0.1, 0.15) is 5.82 Å². The van der Waals surface area contributed by atoms with Gasteiger partial charge in [0.2, 0.25) is 27.6 Å². The summed E-state index contributed by atoms with van der Waals surface area (Å²) in [6.07, 6.45) is 1.11. The molecule has 0 radical (unpaired) electrons. The first-order chi connectivity index (χ1) is 15.3. The minimum absolute atomic E-state index is 0.00546. The Morgan fingerprint density at radius 3 is 2.78 bits per heavy atom. The molecule has 0 saturated carbocycles. The predicted octanol–water partition coefficient (Wildman–Crippen LogP) is 3.36. The number of hydrogen-bond donors (Lipinski definition) is 1. The largest absolute Gasteiger partial charge is 0.347 e. The van der Waals surface area contributed by atoms with Crippen molar-refractivity contribution in [1.82, 2.24) is 19.8 Å². The van der Waals surface area contributed by atoms with Crippen LogP contribution in [0.15, 0.2) is 62.4 Å². The van der Waals surface area contributed by atoms with Crippen LogP contribution in [0.2, 0.25) is 0 Å². The van der Waals surface area contributed by atoms with Crippen LogP contribution in [-0.4, -0.2) is 41.9 Å². The van der Waals surface area contributed by atoms with E-state index in [-0.39, 0.29) is 29.8 Å². The predicted molar refractivity (Wildman–Crippen MR) is 117 cm³/mol.